The summed E-state index contributed by atoms with van der Waals surface area (Å²) in [5.74, 6) is -0.192. The van der Waals surface area contributed by atoms with Crippen LogP contribution in [0.1, 0.15) is 34.9 Å². The minimum absolute atomic E-state index is 0.0672. The van der Waals surface area contributed by atoms with Crippen LogP contribution in [0, 0.1) is 0 Å². The van der Waals surface area contributed by atoms with Crippen molar-refractivity contribution in [1.82, 2.24) is 24.8 Å². The minimum Gasteiger partial charge on any atom is -0.372 e. The van der Waals surface area contributed by atoms with Crippen molar-refractivity contribution in [1.29, 1.82) is 0 Å². The maximum Gasteiger partial charge on any atom is 0.277 e. The fourth-order valence-electron chi connectivity index (χ4n) is 3.69. The number of nitrogens with one attached hydrogen (secondary N) is 1. The third-order valence-corrected chi connectivity index (χ3v) is 5.96. The molecule has 4 heterocycles. The number of nitrogens with zero attached hydrogens (tertiary/aromatic N) is 5. The predicted octanol–water partition coefficient (Wildman–Crippen LogP) is 1.18. The molecule has 1 N–H and O–H groups in total. The lowest BCUT2D eigenvalue weighted by Gasteiger charge is -2.36. The Morgan fingerprint density at radius 3 is 2.79 bits per heavy atom. The number of amides is 2. The second-order valence-electron chi connectivity index (χ2n) is 7.45. The molecule has 154 valence electrons. The number of ether oxygens (including phenoxy) is 1. The van der Waals surface area contributed by atoms with Gasteiger partial charge >= 0.3 is 0 Å². The van der Waals surface area contributed by atoms with Crippen LogP contribution in [0.2, 0.25) is 0 Å². The molecule has 2 aromatic rings. The Balaban J connectivity index is 1.35. The summed E-state index contributed by atoms with van der Waals surface area (Å²) < 4.78 is 5.71. The van der Waals surface area contributed by atoms with E-state index in [0.717, 1.165) is 23.5 Å². The summed E-state index contributed by atoms with van der Waals surface area (Å²) in [7, 11) is 0. The van der Waals surface area contributed by atoms with Gasteiger partial charge in [0, 0.05) is 49.9 Å². The zero-order valence-corrected chi connectivity index (χ0v) is 17.3. The molecule has 1 fully saturated rings. The van der Waals surface area contributed by atoms with Crippen molar-refractivity contribution in [2.75, 3.05) is 31.5 Å². The molecule has 9 nitrogen and oxygen atoms in total. The molecule has 0 aromatic carbocycles. The maximum atomic E-state index is 12.7. The van der Waals surface area contributed by atoms with Crippen molar-refractivity contribution >= 4 is 28.3 Å². The number of hydrogen-bond donors (Lipinski definition) is 1. The highest BCUT2D eigenvalue weighted by atomic mass is 32.1. The van der Waals surface area contributed by atoms with E-state index in [1.807, 2.05) is 18.7 Å². The van der Waals surface area contributed by atoms with Crippen LogP contribution in [0.25, 0.3) is 0 Å². The molecule has 0 bridgehead atoms. The lowest BCUT2D eigenvalue weighted by Crippen LogP contribution is -2.51. The molecule has 2 aromatic heterocycles. The quantitative estimate of drug-likeness (QED) is 0.799. The Morgan fingerprint density at radius 2 is 2.07 bits per heavy atom. The Kier molecular flexibility index (Phi) is 5.84. The van der Waals surface area contributed by atoms with Crippen LogP contribution < -0.4 is 5.32 Å². The third kappa shape index (κ3) is 4.77. The third-order valence-electron chi connectivity index (χ3n) is 4.96. The zero-order valence-electron chi connectivity index (χ0n) is 16.5. The minimum atomic E-state index is -0.327. The van der Waals surface area contributed by atoms with Gasteiger partial charge in [-0.1, -0.05) is 0 Å². The average molecular weight is 417 g/mol. The standard InChI is InChI=1S/C19H24N6O3S/c1-12-8-25(9-13(2)28-12)17(26)11-24-6-3-14-16(10-24)29-19(22-14)23-18(27)15-7-20-4-5-21-15/h4-5,7,12-13H,3,6,8-11H2,1-2H3,(H,22,23,27). The predicted molar refractivity (Wildman–Crippen MR) is 108 cm³/mol. The van der Waals surface area contributed by atoms with Crippen LogP contribution in [0.15, 0.2) is 18.6 Å². The molecule has 2 amide bonds. The highest BCUT2D eigenvalue weighted by Crippen LogP contribution is 2.28. The number of morpholine rings is 1. The number of carbonyl (C=O) groups excluding carboxylic acids is 2. The monoisotopic (exact) mass is 416 g/mol. The van der Waals surface area contributed by atoms with Gasteiger partial charge in [-0.2, -0.15) is 0 Å². The van der Waals surface area contributed by atoms with Crippen LogP contribution in [0.5, 0.6) is 0 Å². The summed E-state index contributed by atoms with van der Waals surface area (Å²) in [4.78, 5) is 42.5. The second kappa shape index (κ2) is 8.52. The van der Waals surface area contributed by atoms with Gasteiger partial charge in [-0.3, -0.25) is 24.8 Å². The summed E-state index contributed by atoms with van der Waals surface area (Å²) in [6, 6.07) is 0. The fraction of sp³-hybridized carbons (Fsp3) is 0.526. The van der Waals surface area contributed by atoms with E-state index in [2.05, 4.69) is 25.2 Å². The second-order valence-corrected chi connectivity index (χ2v) is 8.53. The van der Waals surface area contributed by atoms with E-state index in [1.165, 1.54) is 29.9 Å². The highest BCUT2D eigenvalue weighted by Gasteiger charge is 2.29. The fourth-order valence-corrected chi connectivity index (χ4v) is 4.73. The van der Waals surface area contributed by atoms with E-state index in [9.17, 15) is 9.59 Å². The molecule has 2 aliphatic heterocycles. The first kappa shape index (κ1) is 19.9. The smallest absolute Gasteiger partial charge is 0.277 e. The lowest BCUT2D eigenvalue weighted by atomic mass is 10.1. The molecule has 4 rings (SSSR count). The molecule has 10 heteroatoms. The van der Waals surface area contributed by atoms with Gasteiger partial charge in [0.2, 0.25) is 5.91 Å². The summed E-state index contributed by atoms with van der Waals surface area (Å²) in [5, 5.41) is 3.34. The molecule has 0 radical (unpaired) electrons. The van der Waals surface area contributed by atoms with Crippen LogP contribution >= 0.6 is 11.3 Å². The number of anilines is 1. The molecule has 29 heavy (non-hydrogen) atoms. The van der Waals surface area contributed by atoms with Gasteiger partial charge in [0.15, 0.2) is 5.13 Å². The number of thiazole rings is 1. The number of rotatable bonds is 4. The van der Waals surface area contributed by atoms with Gasteiger partial charge in [-0.15, -0.1) is 11.3 Å². The summed E-state index contributed by atoms with van der Waals surface area (Å²) in [6.45, 7) is 7.10. The Bertz CT molecular complexity index is 879. The first-order chi connectivity index (χ1) is 14.0. The molecule has 1 saturated heterocycles. The first-order valence-corrected chi connectivity index (χ1v) is 10.5. The van der Waals surface area contributed by atoms with Crippen molar-refractivity contribution in [3.8, 4) is 0 Å². The van der Waals surface area contributed by atoms with E-state index in [4.69, 9.17) is 4.74 Å². The van der Waals surface area contributed by atoms with E-state index >= 15 is 0 Å². The number of aromatic nitrogens is 3. The highest BCUT2D eigenvalue weighted by molar-refractivity contribution is 7.15. The molecule has 2 atom stereocenters. The Hall–Kier alpha value is -2.43. The van der Waals surface area contributed by atoms with Crippen molar-refractivity contribution in [3.05, 3.63) is 34.9 Å². The van der Waals surface area contributed by atoms with Crippen LogP contribution in [0.3, 0.4) is 0 Å². The van der Waals surface area contributed by atoms with Gasteiger partial charge < -0.3 is 9.64 Å². The largest absolute Gasteiger partial charge is 0.372 e. The van der Waals surface area contributed by atoms with Crippen molar-refractivity contribution in [3.63, 3.8) is 0 Å². The number of carbonyl (C=O) groups is 2. The van der Waals surface area contributed by atoms with Gasteiger partial charge in [0.05, 0.1) is 30.6 Å². The van der Waals surface area contributed by atoms with Gasteiger partial charge in [0.1, 0.15) is 5.69 Å². The zero-order chi connectivity index (χ0) is 20.4. The average Bonchev–Trinajstić information content (AvgIpc) is 3.09. The molecular weight excluding hydrogens is 392 g/mol. The van der Waals surface area contributed by atoms with E-state index in [-0.39, 0.29) is 29.7 Å². The van der Waals surface area contributed by atoms with E-state index < -0.39 is 0 Å². The number of fused-ring (bicyclic) bond motifs is 1. The molecule has 2 unspecified atom stereocenters. The van der Waals surface area contributed by atoms with Crippen LogP contribution in [0.4, 0.5) is 5.13 Å². The number of hydrogen-bond acceptors (Lipinski definition) is 8. The summed E-state index contributed by atoms with van der Waals surface area (Å²) in [5.41, 5.74) is 1.24. The van der Waals surface area contributed by atoms with Crippen LogP contribution in [-0.4, -0.2) is 75.0 Å². The Morgan fingerprint density at radius 1 is 1.28 bits per heavy atom. The normalized spacial score (nSPS) is 22.2. The van der Waals surface area contributed by atoms with Gasteiger partial charge in [-0.05, 0) is 13.8 Å². The molecule has 0 saturated carbocycles. The van der Waals surface area contributed by atoms with Gasteiger partial charge in [0.25, 0.3) is 5.91 Å². The van der Waals surface area contributed by atoms with Crippen LogP contribution in [-0.2, 0) is 22.5 Å². The SMILES string of the molecule is CC1CN(C(=O)CN2CCc3nc(NC(=O)c4cnccn4)sc3C2)CC(C)O1. The summed E-state index contributed by atoms with van der Waals surface area (Å²) in [6.07, 6.45) is 5.31. The maximum absolute atomic E-state index is 12.7. The first-order valence-electron chi connectivity index (χ1n) is 9.69. The molecule has 0 spiro atoms. The van der Waals surface area contributed by atoms with Gasteiger partial charge in [-0.25, -0.2) is 9.97 Å². The summed E-state index contributed by atoms with van der Waals surface area (Å²) >= 11 is 1.45. The van der Waals surface area contributed by atoms with E-state index in [0.29, 0.717) is 31.3 Å². The lowest BCUT2D eigenvalue weighted by molar-refractivity contribution is -0.144. The van der Waals surface area contributed by atoms with E-state index in [1.54, 1.807) is 0 Å². The molecule has 2 aliphatic rings. The Labute approximate surface area is 173 Å². The van der Waals surface area contributed by atoms with Crippen molar-refractivity contribution < 1.29 is 14.3 Å². The molecular formula is C19H24N6O3S. The van der Waals surface area contributed by atoms with Crippen molar-refractivity contribution in [2.24, 2.45) is 0 Å². The topological polar surface area (TPSA) is 101 Å². The molecule has 0 aliphatic carbocycles. The van der Waals surface area contributed by atoms with Crippen molar-refractivity contribution in [2.45, 2.75) is 39.0 Å².